The van der Waals surface area contributed by atoms with Crippen molar-refractivity contribution < 1.29 is 17.9 Å². The van der Waals surface area contributed by atoms with Gasteiger partial charge in [-0.1, -0.05) is 19.8 Å². The van der Waals surface area contributed by atoms with Gasteiger partial charge >= 0.3 is 0 Å². The molecule has 0 spiro atoms. The molecule has 1 fully saturated rings. The summed E-state index contributed by atoms with van der Waals surface area (Å²) in [6, 6.07) is 4.14. The SMILES string of the molecule is COc1ccc(S(N)(=O)=O)cc1C(=O)N[C@H]1CCC[C@H](C)C1. The van der Waals surface area contributed by atoms with E-state index in [4.69, 9.17) is 9.88 Å². The molecule has 0 aromatic heterocycles. The Morgan fingerprint density at radius 3 is 2.68 bits per heavy atom. The summed E-state index contributed by atoms with van der Waals surface area (Å²) in [6.45, 7) is 2.17. The lowest BCUT2D eigenvalue weighted by molar-refractivity contribution is 0.0918. The van der Waals surface area contributed by atoms with Gasteiger partial charge in [-0.05, 0) is 37.0 Å². The number of primary sulfonamides is 1. The van der Waals surface area contributed by atoms with Crippen LogP contribution < -0.4 is 15.2 Å². The summed E-state index contributed by atoms with van der Waals surface area (Å²) >= 11 is 0. The summed E-state index contributed by atoms with van der Waals surface area (Å²) in [5.41, 5.74) is 0.187. The number of carbonyl (C=O) groups excluding carboxylic acids is 1. The molecule has 0 heterocycles. The van der Waals surface area contributed by atoms with Crippen LogP contribution in [0.3, 0.4) is 0 Å². The molecule has 1 aliphatic rings. The fourth-order valence-electron chi connectivity index (χ4n) is 2.87. The average molecular weight is 326 g/mol. The second-order valence-electron chi connectivity index (χ2n) is 5.85. The fourth-order valence-corrected chi connectivity index (χ4v) is 3.41. The molecule has 3 N–H and O–H groups in total. The Morgan fingerprint density at radius 2 is 2.09 bits per heavy atom. The zero-order valence-corrected chi connectivity index (χ0v) is 13.7. The van der Waals surface area contributed by atoms with Crippen LogP contribution in [0.25, 0.3) is 0 Å². The number of amides is 1. The van der Waals surface area contributed by atoms with Crippen molar-refractivity contribution in [1.29, 1.82) is 0 Å². The molecule has 0 bridgehead atoms. The summed E-state index contributed by atoms with van der Waals surface area (Å²) in [7, 11) is -2.43. The number of hydrogen-bond donors (Lipinski definition) is 2. The van der Waals surface area contributed by atoms with Crippen LogP contribution in [0.4, 0.5) is 0 Å². The van der Waals surface area contributed by atoms with E-state index in [0.29, 0.717) is 11.7 Å². The molecule has 0 radical (unpaired) electrons. The van der Waals surface area contributed by atoms with Crippen LogP contribution in [-0.4, -0.2) is 27.5 Å². The van der Waals surface area contributed by atoms with Gasteiger partial charge in [0, 0.05) is 6.04 Å². The summed E-state index contributed by atoms with van der Waals surface area (Å²) < 4.78 is 28.0. The van der Waals surface area contributed by atoms with Crippen LogP contribution in [0.15, 0.2) is 23.1 Å². The van der Waals surface area contributed by atoms with E-state index in [9.17, 15) is 13.2 Å². The van der Waals surface area contributed by atoms with E-state index >= 15 is 0 Å². The Hall–Kier alpha value is -1.60. The Balaban J connectivity index is 2.23. The van der Waals surface area contributed by atoms with Gasteiger partial charge in [-0.2, -0.15) is 0 Å². The van der Waals surface area contributed by atoms with Gasteiger partial charge < -0.3 is 10.1 Å². The van der Waals surface area contributed by atoms with Crippen LogP contribution in [0, 0.1) is 5.92 Å². The van der Waals surface area contributed by atoms with Gasteiger partial charge in [-0.15, -0.1) is 0 Å². The van der Waals surface area contributed by atoms with E-state index in [1.54, 1.807) is 0 Å². The van der Waals surface area contributed by atoms with Crippen molar-refractivity contribution >= 4 is 15.9 Å². The molecule has 1 saturated carbocycles. The average Bonchev–Trinajstić information content (AvgIpc) is 2.45. The monoisotopic (exact) mass is 326 g/mol. The van der Waals surface area contributed by atoms with E-state index < -0.39 is 10.0 Å². The lowest BCUT2D eigenvalue weighted by atomic mass is 9.87. The zero-order chi connectivity index (χ0) is 16.3. The first-order valence-corrected chi connectivity index (χ1v) is 8.87. The first-order valence-electron chi connectivity index (χ1n) is 7.33. The highest BCUT2D eigenvalue weighted by Gasteiger charge is 2.23. The normalized spacial score (nSPS) is 22.1. The predicted molar refractivity (Wildman–Crippen MR) is 83.3 cm³/mol. The molecule has 1 amide bonds. The first kappa shape index (κ1) is 16.8. The molecule has 0 unspecified atom stereocenters. The summed E-state index contributed by atoms with van der Waals surface area (Å²) in [4.78, 5) is 12.4. The predicted octanol–water partition coefficient (Wildman–Crippen LogP) is 1.65. The van der Waals surface area contributed by atoms with Crippen molar-refractivity contribution in [3.05, 3.63) is 23.8 Å². The largest absolute Gasteiger partial charge is 0.496 e. The van der Waals surface area contributed by atoms with Gasteiger partial charge in [0.2, 0.25) is 10.0 Å². The maximum Gasteiger partial charge on any atom is 0.255 e. The molecule has 2 atom stereocenters. The number of nitrogens with two attached hydrogens (primary N) is 1. The van der Waals surface area contributed by atoms with E-state index in [-0.39, 0.29) is 22.4 Å². The molecule has 1 aromatic rings. The van der Waals surface area contributed by atoms with Crippen molar-refractivity contribution in [2.75, 3.05) is 7.11 Å². The van der Waals surface area contributed by atoms with Crippen molar-refractivity contribution in [2.24, 2.45) is 11.1 Å². The highest BCUT2D eigenvalue weighted by atomic mass is 32.2. The molecule has 122 valence electrons. The molecular weight excluding hydrogens is 304 g/mol. The van der Waals surface area contributed by atoms with Crippen LogP contribution in [0.2, 0.25) is 0 Å². The van der Waals surface area contributed by atoms with Gasteiger partial charge in [0.25, 0.3) is 5.91 Å². The minimum atomic E-state index is -3.86. The number of sulfonamides is 1. The molecule has 0 aliphatic heterocycles. The third kappa shape index (κ3) is 3.98. The lowest BCUT2D eigenvalue weighted by Crippen LogP contribution is -2.38. The number of hydrogen-bond acceptors (Lipinski definition) is 4. The highest BCUT2D eigenvalue weighted by molar-refractivity contribution is 7.89. The molecule has 1 aromatic carbocycles. The second-order valence-corrected chi connectivity index (χ2v) is 7.41. The number of rotatable bonds is 4. The number of nitrogens with one attached hydrogen (secondary N) is 1. The van der Waals surface area contributed by atoms with Crippen LogP contribution in [-0.2, 0) is 10.0 Å². The van der Waals surface area contributed by atoms with Crippen LogP contribution in [0.5, 0.6) is 5.75 Å². The molecule has 22 heavy (non-hydrogen) atoms. The Morgan fingerprint density at radius 1 is 1.36 bits per heavy atom. The van der Waals surface area contributed by atoms with Crippen molar-refractivity contribution in [3.8, 4) is 5.75 Å². The van der Waals surface area contributed by atoms with E-state index in [1.165, 1.54) is 31.7 Å². The Bertz CT molecular complexity index is 658. The molecular formula is C15H22N2O4S. The van der Waals surface area contributed by atoms with E-state index in [2.05, 4.69) is 12.2 Å². The fraction of sp³-hybridized carbons (Fsp3) is 0.533. The number of carbonyl (C=O) groups is 1. The number of methoxy groups -OCH3 is 1. The molecule has 0 saturated heterocycles. The molecule has 7 heteroatoms. The minimum Gasteiger partial charge on any atom is -0.496 e. The number of benzene rings is 1. The van der Waals surface area contributed by atoms with Gasteiger partial charge in [-0.25, -0.2) is 13.6 Å². The Labute approximate surface area is 131 Å². The quantitative estimate of drug-likeness (QED) is 0.879. The summed E-state index contributed by atoms with van der Waals surface area (Å²) in [6.07, 6.45) is 4.13. The first-order chi connectivity index (χ1) is 10.3. The maximum absolute atomic E-state index is 12.5. The van der Waals surface area contributed by atoms with Crippen molar-refractivity contribution in [3.63, 3.8) is 0 Å². The maximum atomic E-state index is 12.5. The van der Waals surface area contributed by atoms with Gasteiger partial charge in [-0.3, -0.25) is 4.79 Å². The topological polar surface area (TPSA) is 98.5 Å². The van der Waals surface area contributed by atoms with E-state index in [0.717, 1.165) is 19.3 Å². The van der Waals surface area contributed by atoms with Crippen LogP contribution >= 0.6 is 0 Å². The number of ether oxygens (including phenoxy) is 1. The van der Waals surface area contributed by atoms with Gasteiger partial charge in [0.05, 0.1) is 17.6 Å². The second kappa shape index (κ2) is 6.66. The molecule has 1 aliphatic carbocycles. The zero-order valence-electron chi connectivity index (χ0n) is 12.8. The standard InChI is InChI=1S/C15H22N2O4S/c1-10-4-3-5-11(8-10)17-15(18)13-9-12(22(16,19)20)6-7-14(13)21-2/h6-7,9-11H,3-5,8H2,1-2H3,(H,17,18)(H2,16,19,20)/t10-,11-/m0/s1. The summed E-state index contributed by atoms with van der Waals surface area (Å²) in [5, 5.41) is 8.08. The highest BCUT2D eigenvalue weighted by Crippen LogP contribution is 2.26. The minimum absolute atomic E-state index is 0.101. The van der Waals surface area contributed by atoms with Crippen LogP contribution in [0.1, 0.15) is 43.0 Å². The third-order valence-corrected chi connectivity index (χ3v) is 4.93. The smallest absolute Gasteiger partial charge is 0.255 e. The van der Waals surface area contributed by atoms with Crippen molar-refractivity contribution in [1.82, 2.24) is 5.32 Å². The lowest BCUT2D eigenvalue weighted by Gasteiger charge is -2.27. The Kier molecular flexibility index (Phi) is 5.08. The van der Waals surface area contributed by atoms with Gasteiger partial charge in [0.15, 0.2) is 0 Å². The van der Waals surface area contributed by atoms with Crippen molar-refractivity contribution in [2.45, 2.75) is 43.5 Å². The molecule has 6 nitrogen and oxygen atoms in total. The van der Waals surface area contributed by atoms with Gasteiger partial charge in [0.1, 0.15) is 5.75 Å². The summed E-state index contributed by atoms with van der Waals surface area (Å²) in [5.74, 6) is 0.576. The molecule has 2 rings (SSSR count). The van der Waals surface area contributed by atoms with E-state index in [1.807, 2.05) is 0 Å². The third-order valence-electron chi connectivity index (χ3n) is 4.02.